The first-order valence-electron chi connectivity index (χ1n) is 15.9. The number of aliphatic hydroxyl groups is 4. The number of fused-ring (bicyclic) bond motifs is 2. The molecule has 13 nitrogen and oxygen atoms in total. The average Bonchev–Trinajstić information content (AvgIpc) is 3.38. The molecule has 0 radical (unpaired) electrons. The summed E-state index contributed by atoms with van der Waals surface area (Å²) < 4.78 is 36.7. The van der Waals surface area contributed by atoms with Crippen molar-refractivity contribution in [1.82, 2.24) is 4.90 Å². The van der Waals surface area contributed by atoms with Crippen LogP contribution >= 0.6 is 0 Å². The highest BCUT2D eigenvalue weighted by atomic mass is 16.6. The number of carbonyl (C=O) groups excluding carboxylic acids is 2. The summed E-state index contributed by atoms with van der Waals surface area (Å²) in [7, 11) is 7.77. The molecule has 1 saturated heterocycles. The Balaban J connectivity index is 1.56. The number of aliphatic hydroxyl groups excluding tert-OH is 2. The van der Waals surface area contributed by atoms with Crippen molar-refractivity contribution in [3.63, 3.8) is 0 Å². The minimum atomic E-state index is -2.12. The van der Waals surface area contributed by atoms with Gasteiger partial charge < -0.3 is 53.7 Å². The molecule has 46 heavy (non-hydrogen) atoms. The van der Waals surface area contributed by atoms with Gasteiger partial charge in [-0.15, -0.1) is 0 Å². The fraction of sp³-hybridized carbons (Fsp3) is 0.758. The number of hydrogen-bond donors (Lipinski definition) is 4. The van der Waals surface area contributed by atoms with Crippen LogP contribution in [-0.4, -0.2) is 145 Å². The van der Waals surface area contributed by atoms with Gasteiger partial charge in [0, 0.05) is 83.5 Å². The molecule has 1 spiro atoms. The SMILES string of the molecule is COC[C@]12CN(C)[C@@H]3[C@H]4[C@H](OC)C1[C@]3([C@H](OC)C[C@@H]2O)[C@]1(O)C[C@@]2(O)[C@H](OC(=O)c3ccccc3)[C@@H]1[C@]4(OC(C)=O)[C@@H](O)[C@@H]2OC. The Hall–Kier alpha value is -2.20. The number of hydrogen-bond acceptors (Lipinski definition) is 13. The van der Waals surface area contributed by atoms with Crippen molar-refractivity contribution in [2.75, 3.05) is 48.6 Å². The molecule has 1 unspecified atom stereocenters. The molecule has 5 aliphatic carbocycles. The predicted molar refractivity (Wildman–Crippen MR) is 157 cm³/mol. The van der Waals surface area contributed by atoms with E-state index in [2.05, 4.69) is 0 Å². The Morgan fingerprint density at radius 1 is 0.978 bits per heavy atom. The smallest absolute Gasteiger partial charge is 0.338 e. The lowest BCUT2D eigenvalue weighted by atomic mass is 9.40. The fourth-order valence-corrected chi connectivity index (χ4v) is 12.2. The number of esters is 2. The van der Waals surface area contributed by atoms with Crippen molar-refractivity contribution >= 4 is 11.9 Å². The van der Waals surface area contributed by atoms with Crippen molar-refractivity contribution in [3.05, 3.63) is 35.9 Å². The normalized spacial score (nSPS) is 51.5. The van der Waals surface area contributed by atoms with Crippen LogP contribution in [0.1, 0.15) is 30.1 Å². The number of rotatable bonds is 8. The van der Waals surface area contributed by atoms with Crippen molar-refractivity contribution in [3.8, 4) is 0 Å². The third-order valence-electron chi connectivity index (χ3n) is 12.9. The summed E-state index contributed by atoms with van der Waals surface area (Å²) in [5, 5.41) is 50.8. The molecule has 0 aromatic heterocycles. The standard InChI is InChI=1S/C33H45NO12/c1-16(35)46-33-20-21(43-5)22-29(15-41-3)14-34(2)24(20)32(22,19(42-4)12-18(29)36)31(40)13-30(39,27(44-6)25(33)37)26(23(31)33)45-28(38)17-10-8-7-9-11-17/h7-11,18-27,36-37,39-40H,12-15H2,1-6H3/t18-,19+,20+,21-,22?,23-,24+,25-,26+,27-,29-,30+,31-,32-,33-/m0/s1. The molecule has 1 aromatic carbocycles. The second kappa shape index (κ2) is 10.4. The number of methoxy groups -OCH3 is 4. The molecule has 254 valence electrons. The number of carbonyl (C=O) groups is 2. The number of likely N-dealkylation sites (tertiary alicyclic amines) is 1. The van der Waals surface area contributed by atoms with E-state index in [0.29, 0.717) is 6.54 Å². The van der Waals surface area contributed by atoms with E-state index in [0.717, 1.165) is 0 Å². The van der Waals surface area contributed by atoms with Gasteiger partial charge in [-0.1, -0.05) is 18.2 Å². The molecule has 6 fully saturated rings. The maximum atomic E-state index is 13.7. The molecule has 4 N–H and O–H groups in total. The van der Waals surface area contributed by atoms with Crippen LogP contribution in [0, 0.1) is 28.6 Å². The summed E-state index contributed by atoms with van der Waals surface area (Å²) in [4.78, 5) is 28.9. The second-order valence-corrected chi connectivity index (χ2v) is 14.4. The maximum Gasteiger partial charge on any atom is 0.338 e. The van der Waals surface area contributed by atoms with Gasteiger partial charge in [0.05, 0.1) is 42.0 Å². The average molecular weight is 648 g/mol. The van der Waals surface area contributed by atoms with Crippen LogP contribution in [0.2, 0.25) is 0 Å². The van der Waals surface area contributed by atoms with Gasteiger partial charge in [-0.3, -0.25) is 4.79 Å². The molecule has 6 aliphatic rings. The van der Waals surface area contributed by atoms with E-state index in [1.54, 1.807) is 37.4 Å². The first kappa shape index (κ1) is 32.4. The molecule has 7 rings (SSSR count). The van der Waals surface area contributed by atoms with Gasteiger partial charge in [-0.25, -0.2) is 4.79 Å². The molecular formula is C33H45NO12. The lowest BCUT2D eigenvalue weighted by Crippen LogP contribution is -2.85. The Morgan fingerprint density at radius 3 is 2.26 bits per heavy atom. The van der Waals surface area contributed by atoms with E-state index in [4.69, 9.17) is 28.4 Å². The molecule has 1 aliphatic heterocycles. The first-order chi connectivity index (χ1) is 21.8. The zero-order valence-electron chi connectivity index (χ0n) is 27.0. The topological polar surface area (TPSA) is 174 Å². The number of piperidine rings is 1. The van der Waals surface area contributed by atoms with Crippen LogP contribution in [0.25, 0.3) is 0 Å². The zero-order valence-corrected chi connectivity index (χ0v) is 27.0. The molecular weight excluding hydrogens is 602 g/mol. The van der Waals surface area contributed by atoms with Gasteiger partial charge >= 0.3 is 11.9 Å². The molecule has 5 saturated carbocycles. The Kier molecular flexibility index (Phi) is 7.31. The maximum absolute atomic E-state index is 13.7. The minimum Gasteiger partial charge on any atom is -0.455 e. The van der Waals surface area contributed by atoms with Crippen molar-refractivity contribution in [2.45, 2.75) is 79.2 Å². The quantitative estimate of drug-likeness (QED) is 0.263. The summed E-state index contributed by atoms with van der Waals surface area (Å²) in [5.41, 5.74) is -8.16. The van der Waals surface area contributed by atoms with Crippen molar-refractivity contribution < 1.29 is 58.4 Å². The minimum absolute atomic E-state index is 0.113. The Labute approximate surface area is 267 Å². The van der Waals surface area contributed by atoms with Crippen molar-refractivity contribution in [2.24, 2.45) is 28.6 Å². The van der Waals surface area contributed by atoms with E-state index in [1.165, 1.54) is 28.3 Å². The van der Waals surface area contributed by atoms with Crippen LogP contribution in [0.3, 0.4) is 0 Å². The number of benzene rings is 1. The van der Waals surface area contributed by atoms with E-state index >= 15 is 0 Å². The van der Waals surface area contributed by atoms with Gasteiger partial charge in [0.25, 0.3) is 0 Å². The Bertz CT molecular complexity index is 1400. The second-order valence-electron chi connectivity index (χ2n) is 14.4. The van der Waals surface area contributed by atoms with Gasteiger partial charge in [0.1, 0.15) is 23.9 Å². The lowest BCUT2D eigenvalue weighted by Gasteiger charge is -2.72. The molecule has 0 amide bonds. The highest BCUT2D eigenvalue weighted by Crippen LogP contribution is 2.81. The van der Waals surface area contributed by atoms with E-state index < -0.39 is 106 Å². The van der Waals surface area contributed by atoms with Gasteiger partial charge in [0.15, 0.2) is 5.60 Å². The third kappa shape index (κ3) is 3.41. The molecule has 7 bridgehead atoms. The van der Waals surface area contributed by atoms with Crippen LogP contribution < -0.4 is 0 Å². The highest BCUT2D eigenvalue weighted by Gasteiger charge is 2.96. The van der Waals surface area contributed by atoms with Gasteiger partial charge in [-0.2, -0.15) is 0 Å². The van der Waals surface area contributed by atoms with E-state index in [1.807, 2.05) is 11.9 Å². The van der Waals surface area contributed by atoms with Gasteiger partial charge in [-0.05, 0) is 19.2 Å². The summed E-state index contributed by atoms with van der Waals surface area (Å²) in [5.74, 6) is -4.35. The summed E-state index contributed by atoms with van der Waals surface area (Å²) in [6, 6.07) is 7.61. The fourth-order valence-electron chi connectivity index (χ4n) is 12.2. The molecule has 15 atom stereocenters. The number of nitrogens with zero attached hydrogens (tertiary/aromatic N) is 1. The van der Waals surface area contributed by atoms with E-state index in [9.17, 15) is 30.0 Å². The summed E-state index contributed by atoms with van der Waals surface area (Å²) in [6.07, 6.45) is -7.39. The molecule has 13 heteroatoms. The van der Waals surface area contributed by atoms with Crippen LogP contribution in [-0.2, 0) is 33.2 Å². The van der Waals surface area contributed by atoms with Crippen LogP contribution in [0.4, 0.5) is 0 Å². The highest BCUT2D eigenvalue weighted by molar-refractivity contribution is 5.89. The van der Waals surface area contributed by atoms with Crippen LogP contribution in [0.5, 0.6) is 0 Å². The lowest BCUT2D eigenvalue weighted by molar-refractivity contribution is -0.353. The largest absolute Gasteiger partial charge is 0.455 e. The number of ether oxygens (including phenoxy) is 6. The monoisotopic (exact) mass is 647 g/mol. The molecule has 1 aromatic rings. The summed E-state index contributed by atoms with van der Waals surface area (Å²) >= 11 is 0. The van der Waals surface area contributed by atoms with Crippen LogP contribution in [0.15, 0.2) is 30.3 Å². The van der Waals surface area contributed by atoms with Gasteiger partial charge in [0.2, 0.25) is 0 Å². The third-order valence-corrected chi connectivity index (χ3v) is 12.9. The van der Waals surface area contributed by atoms with E-state index in [-0.39, 0.29) is 18.6 Å². The Morgan fingerprint density at radius 2 is 1.67 bits per heavy atom. The first-order valence-corrected chi connectivity index (χ1v) is 15.9. The predicted octanol–water partition coefficient (Wildman–Crippen LogP) is -0.627. The van der Waals surface area contributed by atoms with Crippen molar-refractivity contribution in [1.29, 1.82) is 0 Å². The zero-order chi connectivity index (χ0) is 33.2. The molecule has 1 heterocycles. The summed E-state index contributed by atoms with van der Waals surface area (Å²) in [6.45, 7) is 1.68.